The SMILES string of the molecule is COCc1ncc(N)[nH]1. The van der Waals surface area contributed by atoms with E-state index in [4.69, 9.17) is 10.5 Å². The van der Waals surface area contributed by atoms with Gasteiger partial charge in [-0.05, 0) is 0 Å². The Kier molecular flexibility index (Phi) is 1.69. The highest BCUT2D eigenvalue weighted by Crippen LogP contribution is 1.97. The molecule has 0 saturated heterocycles. The standard InChI is InChI=1S/C5H9N3O/c1-9-3-5-7-2-4(6)8-5/h2H,3,6H2,1H3,(H,7,8). The summed E-state index contributed by atoms with van der Waals surface area (Å²) in [4.78, 5) is 6.72. The lowest BCUT2D eigenvalue weighted by Gasteiger charge is -1.89. The molecular formula is C5H9N3O. The Morgan fingerprint density at radius 2 is 2.67 bits per heavy atom. The van der Waals surface area contributed by atoms with E-state index in [0.717, 1.165) is 5.82 Å². The average molecular weight is 127 g/mol. The van der Waals surface area contributed by atoms with Crippen LogP contribution in [0.25, 0.3) is 0 Å². The fourth-order valence-electron chi connectivity index (χ4n) is 0.589. The minimum atomic E-state index is 0.483. The highest BCUT2D eigenvalue weighted by Gasteiger charge is 1.93. The van der Waals surface area contributed by atoms with Crippen LogP contribution >= 0.6 is 0 Å². The van der Waals surface area contributed by atoms with Crippen LogP contribution in [-0.4, -0.2) is 17.1 Å². The van der Waals surface area contributed by atoms with Crippen molar-refractivity contribution < 1.29 is 4.74 Å². The summed E-state index contributed by atoms with van der Waals surface area (Å²) in [5, 5.41) is 0. The molecule has 9 heavy (non-hydrogen) atoms. The summed E-state index contributed by atoms with van der Waals surface area (Å²) in [6, 6.07) is 0. The molecule has 4 nitrogen and oxygen atoms in total. The molecular weight excluding hydrogens is 118 g/mol. The maximum atomic E-state index is 5.34. The molecule has 0 radical (unpaired) electrons. The van der Waals surface area contributed by atoms with Crippen LogP contribution in [0.4, 0.5) is 5.82 Å². The summed E-state index contributed by atoms with van der Waals surface area (Å²) >= 11 is 0. The van der Waals surface area contributed by atoms with E-state index in [2.05, 4.69) is 9.97 Å². The van der Waals surface area contributed by atoms with E-state index in [-0.39, 0.29) is 0 Å². The summed E-state index contributed by atoms with van der Waals surface area (Å²) in [6.45, 7) is 0.483. The summed E-state index contributed by atoms with van der Waals surface area (Å²) in [7, 11) is 1.61. The molecule has 4 heteroatoms. The van der Waals surface area contributed by atoms with Gasteiger partial charge in [-0.25, -0.2) is 4.98 Å². The number of anilines is 1. The fraction of sp³-hybridized carbons (Fsp3) is 0.400. The Balaban J connectivity index is 2.61. The molecule has 1 aromatic rings. The molecule has 0 spiro atoms. The maximum Gasteiger partial charge on any atom is 0.133 e. The number of imidazole rings is 1. The number of aromatic nitrogens is 2. The normalized spacial score (nSPS) is 9.89. The Morgan fingerprint density at radius 1 is 1.89 bits per heavy atom. The van der Waals surface area contributed by atoms with Gasteiger partial charge in [-0.3, -0.25) is 0 Å². The number of aromatic amines is 1. The lowest BCUT2D eigenvalue weighted by molar-refractivity contribution is 0.178. The molecule has 0 aliphatic rings. The molecule has 0 amide bonds. The van der Waals surface area contributed by atoms with Crippen molar-refractivity contribution in [1.82, 2.24) is 9.97 Å². The number of nitrogens with two attached hydrogens (primary N) is 1. The van der Waals surface area contributed by atoms with Gasteiger partial charge < -0.3 is 15.5 Å². The van der Waals surface area contributed by atoms with Crippen molar-refractivity contribution in [3.05, 3.63) is 12.0 Å². The first-order valence-corrected chi connectivity index (χ1v) is 2.61. The number of rotatable bonds is 2. The second kappa shape index (κ2) is 2.50. The average Bonchev–Trinajstić information content (AvgIpc) is 2.17. The topological polar surface area (TPSA) is 63.9 Å². The smallest absolute Gasteiger partial charge is 0.133 e. The predicted molar refractivity (Wildman–Crippen MR) is 33.7 cm³/mol. The maximum absolute atomic E-state index is 5.34. The van der Waals surface area contributed by atoms with Crippen molar-refractivity contribution in [2.45, 2.75) is 6.61 Å². The summed E-state index contributed by atoms with van der Waals surface area (Å²) < 4.78 is 4.79. The van der Waals surface area contributed by atoms with Crippen LogP contribution in [0, 0.1) is 0 Å². The summed E-state index contributed by atoms with van der Waals surface area (Å²) in [5.74, 6) is 1.33. The largest absolute Gasteiger partial charge is 0.384 e. The van der Waals surface area contributed by atoms with E-state index in [0.29, 0.717) is 12.4 Å². The molecule has 0 saturated carbocycles. The molecule has 0 aromatic carbocycles. The summed E-state index contributed by atoms with van der Waals surface area (Å²) in [5.41, 5.74) is 5.34. The number of H-pyrrole nitrogens is 1. The number of hydrogen-bond donors (Lipinski definition) is 2. The van der Waals surface area contributed by atoms with Crippen LogP contribution < -0.4 is 5.73 Å². The highest BCUT2D eigenvalue weighted by molar-refractivity contribution is 5.23. The molecule has 0 atom stereocenters. The van der Waals surface area contributed by atoms with Crippen LogP contribution in [-0.2, 0) is 11.3 Å². The molecule has 0 aliphatic heterocycles. The first kappa shape index (κ1) is 6.10. The zero-order valence-corrected chi connectivity index (χ0v) is 5.22. The minimum absolute atomic E-state index is 0.483. The van der Waals surface area contributed by atoms with Gasteiger partial charge in [0.05, 0.1) is 6.20 Å². The van der Waals surface area contributed by atoms with Crippen molar-refractivity contribution >= 4 is 5.82 Å². The van der Waals surface area contributed by atoms with Gasteiger partial charge in [0, 0.05) is 7.11 Å². The quantitative estimate of drug-likeness (QED) is 0.593. The molecule has 3 N–H and O–H groups in total. The van der Waals surface area contributed by atoms with E-state index in [1.54, 1.807) is 13.3 Å². The van der Waals surface area contributed by atoms with Crippen LogP contribution in [0.1, 0.15) is 5.82 Å². The van der Waals surface area contributed by atoms with Gasteiger partial charge in [-0.1, -0.05) is 0 Å². The second-order valence-electron chi connectivity index (χ2n) is 1.72. The van der Waals surface area contributed by atoms with Gasteiger partial charge in [0.1, 0.15) is 18.2 Å². The molecule has 0 unspecified atom stereocenters. The third-order valence-corrected chi connectivity index (χ3v) is 0.929. The van der Waals surface area contributed by atoms with E-state index in [1.807, 2.05) is 0 Å². The molecule has 0 fully saturated rings. The van der Waals surface area contributed by atoms with Gasteiger partial charge in [0.2, 0.25) is 0 Å². The first-order chi connectivity index (χ1) is 4.33. The molecule has 1 aromatic heterocycles. The molecule has 1 rings (SSSR count). The molecule has 0 aliphatic carbocycles. The number of hydrogen-bond acceptors (Lipinski definition) is 3. The van der Waals surface area contributed by atoms with Crippen molar-refractivity contribution in [3.8, 4) is 0 Å². The Labute approximate surface area is 53.0 Å². The number of nitrogens with zero attached hydrogens (tertiary/aromatic N) is 1. The Bertz CT molecular complexity index is 184. The van der Waals surface area contributed by atoms with Crippen molar-refractivity contribution in [3.63, 3.8) is 0 Å². The van der Waals surface area contributed by atoms with Crippen LogP contribution in [0.5, 0.6) is 0 Å². The Morgan fingerprint density at radius 3 is 3.11 bits per heavy atom. The summed E-state index contributed by atoms with van der Waals surface area (Å²) in [6.07, 6.45) is 1.56. The number of nitrogens with one attached hydrogen (secondary N) is 1. The monoisotopic (exact) mass is 127 g/mol. The van der Waals surface area contributed by atoms with Gasteiger partial charge in [-0.2, -0.15) is 0 Å². The third-order valence-electron chi connectivity index (χ3n) is 0.929. The van der Waals surface area contributed by atoms with Gasteiger partial charge in [0.15, 0.2) is 0 Å². The van der Waals surface area contributed by atoms with Gasteiger partial charge >= 0.3 is 0 Å². The van der Waals surface area contributed by atoms with E-state index in [1.165, 1.54) is 0 Å². The lowest BCUT2D eigenvalue weighted by Crippen LogP contribution is -1.90. The Hall–Kier alpha value is -1.03. The van der Waals surface area contributed by atoms with Crippen LogP contribution in [0.2, 0.25) is 0 Å². The third kappa shape index (κ3) is 1.43. The molecule has 1 heterocycles. The zero-order chi connectivity index (χ0) is 6.69. The highest BCUT2D eigenvalue weighted by atomic mass is 16.5. The van der Waals surface area contributed by atoms with E-state index >= 15 is 0 Å². The van der Waals surface area contributed by atoms with Gasteiger partial charge in [0.25, 0.3) is 0 Å². The van der Waals surface area contributed by atoms with Crippen molar-refractivity contribution in [2.75, 3.05) is 12.8 Å². The van der Waals surface area contributed by atoms with Crippen LogP contribution in [0.15, 0.2) is 6.20 Å². The molecule has 0 bridgehead atoms. The van der Waals surface area contributed by atoms with E-state index < -0.39 is 0 Å². The van der Waals surface area contributed by atoms with Gasteiger partial charge in [-0.15, -0.1) is 0 Å². The van der Waals surface area contributed by atoms with Crippen molar-refractivity contribution in [1.29, 1.82) is 0 Å². The number of nitrogen functional groups attached to an aromatic ring is 1. The first-order valence-electron chi connectivity index (χ1n) is 2.61. The number of methoxy groups -OCH3 is 1. The van der Waals surface area contributed by atoms with Crippen molar-refractivity contribution in [2.24, 2.45) is 0 Å². The number of ether oxygens (including phenoxy) is 1. The van der Waals surface area contributed by atoms with E-state index in [9.17, 15) is 0 Å². The minimum Gasteiger partial charge on any atom is -0.384 e. The zero-order valence-electron chi connectivity index (χ0n) is 5.22. The lowest BCUT2D eigenvalue weighted by atomic mass is 10.7. The second-order valence-corrected chi connectivity index (χ2v) is 1.72. The predicted octanol–water partition coefficient (Wildman–Crippen LogP) is 0.138. The fourth-order valence-corrected chi connectivity index (χ4v) is 0.589. The molecule has 50 valence electrons. The van der Waals surface area contributed by atoms with Crippen LogP contribution in [0.3, 0.4) is 0 Å².